The van der Waals surface area contributed by atoms with Gasteiger partial charge in [0, 0.05) is 12.3 Å². The van der Waals surface area contributed by atoms with E-state index in [4.69, 9.17) is 4.74 Å². The molecule has 1 aromatic rings. The number of fused-ring (bicyclic) bond motifs is 3. The molecule has 4 rings (SSSR count). The van der Waals surface area contributed by atoms with Crippen LogP contribution in [0.5, 0.6) is 5.75 Å². The van der Waals surface area contributed by atoms with Crippen molar-refractivity contribution in [2.75, 3.05) is 6.61 Å². The number of benzene rings is 1. The lowest BCUT2D eigenvalue weighted by molar-refractivity contribution is -0.142. The summed E-state index contributed by atoms with van der Waals surface area (Å²) in [4.78, 5) is 24.2. The minimum atomic E-state index is -1.03. The standard InChI is InChI=1S/C18H19NO4/c20-17(14-8-10-1-2-11(14)7-10)19-16(18(21)22)13-3-4-15-12(9-13)5-6-23-15/h1-4,9-11,14,16H,5-8H2,(H,19,20)(H,21,22)/t10-,11-,14+,16-/m0/s1. The number of amides is 1. The molecular formula is C18H19NO4. The average Bonchev–Trinajstić information content (AvgIpc) is 3.26. The van der Waals surface area contributed by atoms with Gasteiger partial charge in [-0.15, -0.1) is 0 Å². The van der Waals surface area contributed by atoms with Gasteiger partial charge in [-0.2, -0.15) is 0 Å². The van der Waals surface area contributed by atoms with E-state index < -0.39 is 12.0 Å². The maximum atomic E-state index is 12.5. The predicted molar refractivity (Wildman–Crippen MR) is 83.0 cm³/mol. The third kappa shape index (κ3) is 2.50. The van der Waals surface area contributed by atoms with Gasteiger partial charge in [-0.25, -0.2) is 4.79 Å². The fourth-order valence-corrected chi connectivity index (χ4v) is 4.01. The third-order valence-corrected chi connectivity index (χ3v) is 5.20. The molecule has 1 amide bonds. The lowest BCUT2D eigenvalue weighted by Crippen LogP contribution is -2.39. The Morgan fingerprint density at radius 2 is 2.13 bits per heavy atom. The summed E-state index contributed by atoms with van der Waals surface area (Å²) in [6.07, 6.45) is 6.90. The first-order chi connectivity index (χ1) is 11.1. The summed E-state index contributed by atoms with van der Waals surface area (Å²) in [5.74, 6) is 0.285. The quantitative estimate of drug-likeness (QED) is 0.835. The molecule has 5 heteroatoms. The van der Waals surface area contributed by atoms with Crippen molar-refractivity contribution >= 4 is 11.9 Å². The van der Waals surface area contributed by atoms with E-state index >= 15 is 0 Å². The van der Waals surface area contributed by atoms with Crippen molar-refractivity contribution in [2.45, 2.75) is 25.3 Å². The van der Waals surface area contributed by atoms with E-state index in [1.54, 1.807) is 12.1 Å². The van der Waals surface area contributed by atoms with Gasteiger partial charge in [0.1, 0.15) is 5.75 Å². The van der Waals surface area contributed by atoms with Crippen LogP contribution in [0.4, 0.5) is 0 Å². The summed E-state index contributed by atoms with van der Waals surface area (Å²) in [6, 6.07) is 4.35. The summed E-state index contributed by atoms with van der Waals surface area (Å²) in [5.41, 5.74) is 1.61. The molecule has 0 unspecified atom stereocenters. The van der Waals surface area contributed by atoms with Crippen LogP contribution in [0.1, 0.15) is 30.0 Å². The number of hydrogen-bond donors (Lipinski definition) is 2. The van der Waals surface area contributed by atoms with E-state index in [0.29, 0.717) is 18.1 Å². The number of nitrogens with one attached hydrogen (secondary N) is 1. The second-order valence-electron chi connectivity index (χ2n) is 6.63. The van der Waals surface area contributed by atoms with E-state index in [9.17, 15) is 14.7 Å². The van der Waals surface area contributed by atoms with Crippen LogP contribution in [0.25, 0.3) is 0 Å². The fourth-order valence-electron chi connectivity index (χ4n) is 4.01. The highest BCUT2D eigenvalue weighted by Gasteiger charge is 2.41. The molecule has 0 saturated heterocycles. The zero-order valence-corrected chi connectivity index (χ0v) is 12.7. The highest BCUT2D eigenvalue weighted by Crippen LogP contribution is 2.43. The van der Waals surface area contributed by atoms with Crippen molar-refractivity contribution in [2.24, 2.45) is 17.8 Å². The maximum Gasteiger partial charge on any atom is 0.330 e. The van der Waals surface area contributed by atoms with Gasteiger partial charge in [-0.3, -0.25) is 4.79 Å². The largest absolute Gasteiger partial charge is 0.493 e. The first-order valence-electron chi connectivity index (χ1n) is 8.09. The molecule has 2 N–H and O–H groups in total. The van der Waals surface area contributed by atoms with E-state index in [-0.39, 0.29) is 17.7 Å². The lowest BCUT2D eigenvalue weighted by atomic mass is 9.92. The molecular weight excluding hydrogens is 294 g/mol. The second-order valence-corrected chi connectivity index (χ2v) is 6.63. The number of aliphatic carboxylic acids is 1. The van der Waals surface area contributed by atoms with Gasteiger partial charge in [0.05, 0.1) is 6.61 Å². The molecule has 1 aromatic carbocycles. The first-order valence-corrected chi connectivity index (χ1v) is 8.09. The van der Waals surface area contributed by atoms with E-state index in [1.165, 1.54) is 0 Å². The van der Waals surface area contributed by atoms with E-state index in [2.05, 4.69) is 17.5 Å². The van der Waals surface area contributed by atoms with Crippen molar-refractivity contribution in [3.63, 3.8) is 0 Å². The van der Waals surface area contributed by atoms with Gasteiger partial charge in [-0.1, -0.05) is 18.2 Å². The molecule has 23 heavy (non-hydrogen) atoms. The molecule has 2 bridgehead atoms. The van der Waals surface area contributed by atoms with Crippen molar-refractivity contribution in [1.82, 2.24) is 5.32 Å². The van der Waals surface area contributed by atoms with Gasteiger partial charge in [0.15, 0.2) is 6.04 Å². The minimum absolute atomic E-state index is 0.0930. The average molecular weight is 313 g/mol. The summed E-state index contributed by atoms with van der Waals surface area (Å²) in [7, 11) is 0. The molecule has 0 aromatic heterocycles. The number of rotatable bonds is 4. The normalized spacial score (nSPS) is 28.3. The van der Waals surface area contributed by atoms with Crippen LogP contribution in [-0.2, 0) is 16.0 Å². The van der Waals surface area contributed by atoms with Gasteiger partial charge in [-0.05, 0) is 47.9 Å². The Kier molecular flexibility index (Phi) is 3.36. The zero-order chi connectivity index (χ0) is 16.0. The Morgan fingerprint density at radius 3 is 2.83 bits per heavy atom. The maximum absolute atomic E-state index is 12.5. The Balaban J connectivity index is 1.53. The summed E-state index contributed by atoms with van der Waals surface area (Å²) < 4.78 is 5.45. The molecule has 1 saturated carbocycles. The molecule has 120 valence electrons. The Bertz CT molecular complexity index is 696. The topological polar surface area (TPSA) is 75.6 Å². The third-order valence-electron chi connectivity index (χ3n) is 5.20. The summed E-state index contributed by atoms with van der Waals surface area (Å²) in [6.45, 7) is 0.625. The highest BCUT2D eigenvalue weighted by atomic mass is 16.5. The predicted octanol–water partition coefficient (Wildman–Crippen LogP) is 2.08. The number of hydrogen-bond acceptors (Lipinski definition) is 3. The monoisotopic (exact) mass is 313 g/mol. The molecule has 2 aliphatic carbocycles. The lowest BCUT2D eigenvalue weighted by Gasteiger charge is -2.21. The van der Waals surface area contributed by atoms with Gasteiger partial charge in [0.25, 0.3) is 0 Å². The van der Waals surface area contributed by atoms with Gasteiger partial charge < -0.3 is 15.2 Å². The highest BCUT2D eigenvalue weighted by molar-refractivity contribution is 5.86. The minimum Gasteiger partial charge on any atom is -0.493 e. The van der Waals surface area contributed by atoms with Crippen LogP contribution < -0.4 is 10.1 Å². The number of ether oxygens (including phenoxy) is 1. The van der Waals surface area contributed by atoms with Crippen LogP contribution in [-0.4, -0.2) is 23.6 Å². The molecule has 1 heterocycles. The molecule has 1 fully saturated rings. The number of carboxylic acids is 1. The fraction of sp³-hybridized carbons (Fsp3) is 0.444. The van der Waals surface area contributed by atoms with Crippen molar-refractivity contribution < 1.29 is 19.4 Å². The van der Waals surface area contributed by atoms with E-state index in [0.717, 1.165) is 30.6 Å². The number of allylic oxidation sites excluding steroid dienone is 2. The van der Waals surface area contributed by atoms with Crippen molar-refractivity contribution in [1.29, 1.82) is 0 Å². The van der Waals surface area contributed by atoms with Crippen LogP contribution in [0.3, 0.4) is 0 Å². The summed E-state index contributed by atoms with van der Waals surface area (Å²) in [5, 5.41) is 12.3. The molecule has 1 aliphatic heterocycles. The first kappa shape index (κ1) is 14.3. The Hall–Kier alpha value is -2.30. The van der Waals surface area contributed by atoms with Crippen molar-refractivity contribution in [3.05, 3.63) is 41.5 Å². The second kappa shape index (κ2) is 5.41. The molecule has 5 nitrogen and oxygen atoms in total. The zero-order valence-electron chi connectivity index (χ0n) is 12.7. The van der Waals surface area contributed by atoms with Gasteiger partial charge >= 0.3 is 5.97 Å². The van der Waals surface area contributed by atoms with Crippen LogP contribution >= 0.6 is 0 Å². The van der Waals surface area contributed by atoms with Crippen LogP contribution in [0, 0.1) is 17.8 Å². The molecule has 0 radical (unpaired) electrons. The smallest absolute Gasteiger partial charge is 0.330 e. The number of carbonyl (C=O) groups is 2. The van der Waals surface area contributed by atoms with Gasteiger partial charge in [0.2, 0.25) is 5.91 Å². The molecule has 4 atom stereocenters. The Labute approximate surface area is 134 Å². The summed E-state index contributed by atoms with van der Waals surface area (Å²) >= 11 is 0. The molecule has 3 aliphatic rings. The number of carboxylic acid groups (broad SMARTS) is 1. The Morgan fingerprint density at radius 1 is 1.26 bits per heavy atom. The van der Waals surface area contributed by atoms with Crippen LogP contribution in [0.2, 0.25) is 0 Å². The number of carbonyl (C=O) groups excluding carboxylic acids is 1. The van der Waals surface area contributed by atoms with E-state index in [1.807, 2.05) is 6.07 Å². The SMILES string of the molecule is O=C(O)[C@@H](NC(=O)[C@@H]1C[C@H]2C=C[C@H]1C2)c1ccc2c(c1)CCO2. The molecule has 0 spiro atoms. The van der Waals surface area contributed by atoms with Crippen LogP contribution in [0.15, 0.2) is 30.4 Å². The van der Waals surface area contributed by atoms with Crippen molar-refractivity contribution in [3.8, 4) is 5.75 Å².